The quantitative estimate of drug-likeness (QED) is 0.927. The third-order valence-corrected chi connectivity index (χ3v) is 3.78. The zero-order chi connectivity index (χ0) is 13.1. The number of hydrogen-bond donors (Lipinski definition) is 1. The van der Waals surface area contributed by atoms with Gasteiger partial charge in [-0.05, 0) is 26.0 Å². The smallest absolute Gasteiger partial charge is 0.131 e. The maximum atomic E-state index is 9.69. The van der Waals surface area contributed by atoms with Crippen molar-refractivity contribution < 1.29 is 9.84 Å². The number of thiazole rings is 1. The van der Waals surface area contributed by atoms with E-state index in [4.69, 9.17) is 4.74 Å². The fourth-order valence-electron chi connectivity index (χ4n) is 1.60. The summed E-state index contributed by atoms with van der Waals surface area (Å²) >= 11 is 5.00. The number of halogens is 1. The van der Waals surface area contributed by atoms with Crippen LogP contribution in [-0.4, -0.2) is 10.1 Å². The molecule has 1 aromatic carbocycles. The summed E-state index contributed by atoms with van der Waals surface area (Å²) in [4.78, 5) is 4.34. The number of ether oxygens (including phenoxy) is 1. The van der Waals surface area contributed by atoms with Crippen LogP contribution < -0.4 is 4.74 Å². The molecule has 0 unspecified atom stereocenters. The number of nitrogens with zero attached hydrogens (tertiary/aromatic N) is 1. The van der Waals surface area contributed by atoms with E-state index < -0.39 is 6.10 Å². The van der Waals surface area contributed by atoms with Gasteiger partial charge in [0.25, 0.3) is 0 Å². The highest BCUT2D eigenvalue weighted by atomic mass is 79.9. The Morgan fingerprint density at radius 1 is 1.50 bits per heavy atom. The highest BCUT2D eigenvalue weighted by molar-refractivity contribution is 9.10. The molecule has 5 heteroatoms. The van der Waals surface area contributed by atoms with E-state index in [9.17, 15) is 5.11 Å². The van der Waals surface area contributed by atoms with Crippen molar-refractivity contribution >= 4 is 27.3 Å². The standard InChI is InChI=1S/C13H14BrNO2S/c1-8(16)12-4-3-10(14)5-13(12)17-6-11-7-18-9(2)15-11/h3-5,7-8,16H,6H2,1-2H3/t8-/m1/s1. The van der Waals surface area contributed by atoms with E-state index in [0.717, 1.165) is 20.7 Å². The normalized spacial score (nSPS) is 12.4. The molecular weight excluding hydrogens is 314 g/mol. The maximum Gasteiger partial charge on any atom is 0.131 e. The van der Waals surface area contributed by atoms with E-state index in [2.05, 4.69) is 20.9 Å². The molecule has 0 spiro atoms. The van der Waals surface area contributed by atoms with Gasteiger partial charge in [-0.25, -0.2) is 4.98 Å². The lowest BCUT2D eigenvalue weighted by molar-refractivity contribution is 0.190. The van der Waals surface area contributed by atoms with Crippen LogP contribution in [0, 0.1) is 6.92 Å². The lowest BCUT2D eigenvalue weighted by Crippen LogP contribution is -2.01. The fourth-order valence-corrected chi connectivity index (χ4v) is 2.54. The first-order valence-corrected chi connectivity index (χ1v) is 7.25. The van der Waals surface area contributed by atoms with Gasteiger partial charge in [-0.1, -0.05) is 22.0 Å². The molecule has 2 rings (SSSR count). The Kier molecular flexibility index (Phi) is 4.37. The molecule has 0 bridgehead atoms. The monoisotopic (exact) mass is 327 g/mol. The summed E-state index contributed by atoms with van der Waals surface area (Å²) in [7, 11) is 0. The van der Waals surface area contributed by atoms with Crippen LogP contribution in [0.4, 0.5) is 0 Å². The molecule has 1 N–H and O–H groups in total. The predicted octanol–water partition coefficient (Wildman–Crippen LogP) is 3.85. The van der Waals surface area contributed by atoms with E-state index in [1.807, 2.05) is 30.5 Å². The van der Waals surface area contributed by atoms with E-state index in [1.54, 1.807) is 18.3 Å². The number of benzene rings is 1. The van der Waals surface area contributed by atoms with Gasteiger partial charge < -0.3 is 9.84 Å². The number of aryl methyl sites for hydroxylation is 1. The second kappa shape index (κ2) is 5.82. The summed E-state index contributed by atoms with van der Waals surface area (Å²) in [5.74, 6) is 0.685. The highest BCUT2D eigenvalue weighted by Crippen LogP contribution is 2.29. The molecule has 0 aliphatic heterocycles. The molecule has 1 atom stereocenters. The molecular formula is C13H14BrNO2S. The minimum Gasteiger partial charge on any atom is -0.487 e. The Morgan fingerprint density at radius 2 is 2.28 bits per heavy atom. The minimum absolute atomic E-state index is 0.417. The molecule has 1 heterocycles. The van der Waals surface area contributed by atoms with Gasteiger partial charge in [0.2, 0.25) is 0 Å². The highest BCUT2D eigenvalue weighted by Gasteiger charge is 2.10. The number of aliphatic hydroxyl groups excluding tert-OH is 1. The van der Waals surface area contributed by atoms with E-state index >= 15 is 0 Å². The van der Waals surface area contributed by atoms with Crippen LogP contribution in [0.5, 0.6) is 5.75 Å². The van der Waals surface area contributed by atoms with E-state index in [-0.39, 0.29) is 0 Å². The van der Waals surface area contributed by atoms with Crippen LogP contribution >= 0.6 is 27.3 Å². The van der Waals surface area contributed by atoms with Gasteiger partial charge in [0.1, 0.15) is 12.4 Å². The maximum absolute atomic E-state index is 9.69. The first-order valence-electron chi connectivity index (χ1n) is 5.57. The molecule has 3 nitrogen and oxygen atoms in total. The predicted molar refractivity (Wildman–Crippen MR) is 76.0 cm³/mol. The Hall–Kier alpha value is -0.910. The van der Waals surface area contributed by atoms with Gasteiger partial charge in [0, 0.05) is 15.4 Å². The van der Waals surface area contributed by atoms with Crippen molar-refractivity contribution in [1.29, 1.82) is 0 Å². The van der Waals surface area contributed by atoms with Crippen LogP contribution in [-0.2, 0) is 6.61 Å². The van der Waals surface area contributed by atoms with E-state index in [0.29, 0.717) is 12.4 Å². The van der Waals surface area contributed by atoms with Gasteiger partial charge in [-0.15, -0.1) is 11.3 Å². The number of aromatic nitrogens is 1. The average Bonchev–Trinajstić information content (AvgIpc) is 2.72. The van der Waals surface area contributed by atoms with Gasteiger partial charge in [0.15, 0.2) is 0 Å². The molecule has 0 fully saturated rings. The summed E-state index contributed by atoms with van der Waals surface area (Å²) in [6.07, 6.45) is -0.551. The zero-order valence-corrected chi connectivity index (χ0v) is 12.6. The zero-order valence-electron chi connectivity index (χ0n) is 10.2. The minimum atomic E-state index is -0.551. The Bertz CT molecular complexity index is 540. The molecule has 96 valence electrons. The van der Waals surface area contributed by atoms with Crippen LogP contribution in [0.3, 0.4) is 0 Å². The van der Waals surface area contributed by atoms with Crippen molar-refractivity contribution in [1.82, 2.24) is 4.98 Å². The Balaban J connectivity index is 2.15. The van der Waals surface area contributed by atoms with Crippen molar-refractivity contribution in [2.24, 2.45) is 0 Å². The number of hydrogen-bond acceptors (Lipinski definition) is 4. The largest absolute Gasteiger partial charge is 0.487 e. The topological polar surface area (TPSA) is 42.4 Å². The number of rotatable bonds is 4. The lowest BCUT2D eigenvalue weighted by Gasteiger charge is -2.13. The molecule has 2 aromatic rings. The fraction of sp³-hybridized carbons (Fsp3) is 0.308. The molecule has 0 aliphatic rings. The molecule has 0 saturated carbocycles. The van der Waals surface area contributed by atoms with Crippen molar-refractivity contribution in [3.8, 4) is 5.75 Å². The third kappa shape index (κ3) is 3.31. The Labute approximate surface area is 119 Å². The van der Waals surface area contributed by atoms with Crippen molar-refractivity contribution in [3.05, 3.63) is 44.3 Å². The second-order valence-electron chi connectivity index (χ2n) is 4.00. The summed E-state index contributed by atoms with van der Waals surface area (Å²) in [5, 5.41) is 12.7. The summed E-state index contributed by atoms with van der Waals surface area (Å²) < 4.78 is 6.66. The van der Waals surface area contributed by atoms with Gasteiger partial charge >= 0.3 is 0 Å². The molecule has 1 aromatic heterocycles. The van der Waals surface area contributed by atoms with Gasteiger partial charge in [0.05, 0.1) is 16.8 Å². The molecule has 0 aliphatic carbocycles. The van der Waals surface area contributed by atoms with Crippen molar-refractivity contribution in [3.63, 3.8) is 0 Å². The van der Waals surface area contributed by atoms with Gasteiger partial charge in [-0.2, -0.15) is 0 Å². The second-order valence-corrected chi connectivity index (χ2v) is 5.98. The third-order valence-electron chi connectivity index (χ3n) is 2.47. The Morgan fingerprint density at radius 3 is 2.89 bits per heavy atom. The summed E-state index contributed by atoms with van der Waals surface area (Å²) in [6.45, 7) is 4.11. The summed E-state index contributed by atoms with van der Waals surface area (Å²) in [6, 6.07) is 5.61. The summed E-state index contributed by atoms with van der Waals surface area (Å²) in [5.41, 5.74) is 1.69. The van der Waals surface area contributed by atoms with Crippen molar-refractivity contribution in [2.75, 3.05) is 0 Å². The van der Waals surface area contributed by atoms with E-state index in [1.165, 1.54) is 0 Å². The first-order chi connectivity index (χ1) is 8.56. The lowest BCUT2D eigenvalue weighted by atomic mass is 10.1. The van der Waals surface area contributed by atoms with Crippen molar-refractivity contribution in [2.45, 2.75) is 26.6 Å². The molecule has 18 heavy (non-hydrogen) atoms. The SMILES string of the molecule is Cc1nc(COc2cc(Br)ccc2[C@@H](C)O)cs1. The number of aliphatic hydroxyl groups is 1. The molecule has 0 amide bonds. The van der Waals surface area contributed by atoms with Gasteiger partial charge in [-0.3, -0.25) is 0 Å². The van der Waals surface area contributed by atoms with Crippen LogP contribution in [0.2, 0.25) is 0 Å². The van der Waals surface area contributed by atoms with Crippen LogP contribution in [0.15, 0.2) is 28.1 Å². The van der Waals surface area contributed by atoms with Crippen LogP contribution in [0.1, 0.15) is 29.3 Å². The first kappa shape index (κ1) is 13.5. The molecule has 0 radical (unpaired) electrons. The average molecular weight is 328 g/mol. The van der Waals surface area contributed by atoms with Crippen LogP contribution in [0.25, 0.3) is 0 Å². The molecule has 0 saturated heterocycles.